The Morgan fingerprint density at radius 3 is 1.71 bits per heavy atom. The fourth-order valence-corrected chi connectivity index (χ4v) is 6.44. The molecule has 3 nitrogen and oxygen atoms in total. The minimum absolute atomic E-state index is 0.256. The van der Waals surface area contributed by atoms with Crippen molar-refractivity contribution in [2.75, 3.05) is 0 Å². The molecule has 6 heteroatoms. The SMILES string of the molecule is Clc1ccc2c([C@H]3CC[C@H](c4c[nH]c5cc(Cl)ccc45)c4[nH]c5cc(Cl)ccc5c43)c[nH]c2c1. The summed E-state index contributed by atoms with van der Waals surface area (Å²) < 4.78 is 0. The van der Waals surface area contributed by atoms with Crippen LogP contribution < -0.4 is 0 Å². The first-order chi connectivity index (χ1) is 16.6. The van der Waals surface area contributed by atoms with E-state index in [2.05, 4.69) is 45.5 Å². The van der Waals surface area contributed by atoms with Crippen LogP contribution in [-0.4, -0.2) is 15.0 Å². The van der Waals surface area contributed by atoms with Crippen molar-refractivity contribution in [3.8, 4) is 0 Å². The highest BCUT2D eigenvalue weighted by Crippen LogP contribution is 2.50. The van der Waals surface area contributed by atoms with Crippen molar-refractivity contribution in [3.05, 3.63) is 104 Å². The number of hydrogen-bond donors (Lipinski definition) is 3. The van der Waals surface area contributed by atoms with E-state index < -0.39 is 0 Å². The van der Waals surface area contributed by atoms with Crippen LogP contribution in [0.3, 0.4) is 0 Å². The average Bonchev–Trinajstić information content (AvgIpc) is 3.52. The van der Waals surface area contributed by atoms with E-state index in [1.54, 1.807) is 0 Å². The molecule has 168 valence electrons. The zero-order valence-electron chi connectivity index (χ0n) is 18.1. The molecule has 0 unspecified atom stereocenters. The highest BCUT2D eigenvalue weighted by molar-refractivity contribution is 6.32. The largest absolute Gasteiger partial charge is 0.361 e. The Morgan fingerprint density at radius 1 is 0.588 bits per heavy atom. The summed E-state index contributed by atoms with van der Waals surface area (Å²) in [7, 11) is 0. The summed E-state index contributed by atoms with van der Waals surface area (Å²) in [6, 6.07) is 18.4. The van der Waals surface area contributed by atoms with E-state index in [1.165, 1.54) is 38.5 Å². The molecule has 0 amide bonds. The van der Waals surface area contributed by atoms with Crippen LogP contribution in [0.4, 0.5) is 0 Å². The van der Waals surface area contributed by atoms with Crippen LogP contribution in [0.2, 0.25) is 15.1 Å². The molecule has 0 fully saturated rings. The van der Waals surface area contributed by atoms with E-state index in [4.69, 9.17) is 34.8 Å². The molecule has 0 saturated carbocycles. The number of halogens is 3. The average molecular weight is 505 g/mol. The summed E-state index contributed by atoms with van der Waals surface area (Å²) in [5.74, 6) is 0.530. The minimum Gasteiger partial charge on any atom is -0.361 e. The molecule has 34 heavy (non-hydrogen) atoms. The molecular weight excluding hydrogens is 485 g/mol. The van der Waals surface area contributed by atoms with Gasteiger partial charge in [0.1, 0.15) is 0 Å². The van der Waals surface area contributed by atoms with Crippen LogP contribution >= 0.6 is 34.8 Å². The standard InChI is InChI=1S/C28H20Cl3N3/c29-14-1-4-17-22(12-32-24(17)9-14)19-7-8-20(23-13-33-25-10-15(30)2-5-18(23)25)28-27(19)21-6-3-16(31)11-26(21)34-28/h1-6,9-13,19-20,32-34H,7-8H2/t19-,20-/m1/s1. The fraction of sp³-hybridized carbons (Fsp3) is 0.143. The molecule has 0 saturated heterocycles. The van der Waals surface area contributed by atoms with Gasteiger partial charge in [0.25, 0.3) is 0 Å². The lowest BCUT2D eigenvalue weighted by Gasteiger charge is -2.29. The molecule has 7 rings (SSSR count). The Hall–Kier alpha value is -2.85. The van der Waals surface area contributed by atoms with Gasteiger partial charge in [-0.25, -0.2) is 0 Å². The molecule has 0 bridgehead atoms. The first kappa shape index (κ1) is 20.5. The molecule has 2 atom stereocenters. The van der Waals surface area contributed by atoms with Gasteiger partial charge in [-0.1, -0.05) is 53.0 Å². The zero-order chi connectivity index (χ0) is 23.0. The van der Waals surface area contributed by atoms with E-state index in [9.17, 15) is 0 Å². The van der Waals surface area contributed by atoms with Crippen LogP contribution in [0.5, 0.6) is 0 Å². The van der Waals surface area contributed by atoms with Crippen molar-refractivity contribution in [2.24, 2.45) is 0 Å². The Kier molecular flexibility index (Phi) is 4.57. The molecular formula is C28H20Cl3N3. The lowest BCUT2D eigenvalue weighted by Crippen LogP contribution is -2.15. The third kappa shape index (κ3) is 3.04. The van der Waals surface area contributed by atoms with Crippen molar-refractivity contribution < 1.29 is 0 Å². The normalized spacial score (nSPS) is 18.2. The maximum Gasteiger partial charge on any atom is 0.0474 e. The van der Waals surface area contributed by atoms with Gasteiger partial charge in [-0.3, -0.25) is 0 Å². The molecule has 3 aromatic carbocycles. The van der Waals surface area contributed by atoms with Crippen molar-refractivity contribution in [1.82, 2.24) is 15.0 Å². The van der Waals surface area contributed by atoms with Crippen LogP contribution in [0.15, 0.2) is 67.0 Å². The molecule has 1 aliphatic rings. The second-order valence-electron chi connectivity index (χ2n) is 9.19. The van der Waals surface area contributed by atoms with Crippen molar-refractivity contribution in [2.45, 2.75) is 24.7 Å². The van der Waals surface area contributed by atoms with Gasteiger partial charge >= 0.3 is 0 Å². The Bertz CT molecular complexity index is 1720. The zero-order valence-corrected chi connectivity index (χ0v) is 20.3. The Labute approximate surface area is 211 Å². The number of hydrogen-bond acceptors (Lipinski definition) is 0. The molecule has 3 aromatic heterocycles. The van der Waals surface area contributed by atoms with Gasteiger partial charge in [0.2, 0.25) is 0 Å². The van der Waals surface area contributed by atoms with Gasteiger partial charge in [-0.15, -0.1) is 0 Å². The van der Waals surface area contributed by atoms with Gasteiger partial charge in [0.15, 0.2) is 0 Å². The molecule has 0 spiro atoms. The van der Waals surface area contributed by atoms with Crippen LogP contribution in [0.25, 0.3) is 32.7 Å². The molecule has 6 aromatic rings. The van der Waals surface area contributed by atoms with E-state index in [1.807, 2.05) is 36.4 Å². The number of nitrogens with one attached hydrogen (secondary N) is 3. The minimum atomic E-state index is 0.256. The maximum atomic E-state index is 6.39. The third-order valence-corrected chi connectivity index (χ3v) is 8.08. The van der Waals surface area contributed by atoms with Crippen molar-refractivity contribution in [3.63, 3.8) is 0 Å². The van der Waals surface area contributed by atoms with Gasteiger partial charge in [-0.2, -0.15) is 0 Å². The third-order valence-electron chi connectivity index (χ3n) is 7.37. The summed E-state index contributed by atoms with van der Waals surface area (Å²) >= 11 is 18.9. The number of aromatic nitrogens is 3. The number of benzene rings is 3. The maximum absolute atomic E-state index is 6.39. The fourth-order valence-electron chi connectivity index (χ4n) is 5.92. The second-order valence-corrected chi connectivity index (χ2v) is 10.5. The highest BCUT2D eigenvalue weighted by Gasteiger charge is 2.34. The van der Waals surface area contributed by atoms with Gasteiger partial charge in [0, 0.05) is 77.7 Å². The quantitative estimate of drug-likeness (QED) is 0.210. The van der Waals surface area contributed by atoms with E-state index in [0.717, 1.165) is 44.5 Å². The number of rotatable bonds is 2. The van der Waals surface area contributed by atoms with Crippen molar-refractivity contribution in [1.29, 1.82) is 0 Å². The summed E-state index contributed by atoms with van der Waals surface area (Å²) in [5, 5.41) is 5.90. The monoisotopic (exact) mass is 503 g/mol. The molecule has 3 N–H and O–H groups in total. The summed E-state index contributed by atoms with van der Waals surface area (Å²) in [5.41, 5.74) is 8.47. The molecule has 0 aliphatic heterocycles. The second kappa shape index (κ2) is 7.58. The smallest absolute Gasteiger partial charge is 0.0474 e. The van der Waals surface area contributed by atoms with Gasteiger partial charge in [-0.05, 0) is 65.9 Å². The first-order valence-electron chi connectivity index (χ1n) is 11.4. The van der Waals surface area contributed by atoms with Crippen molar-refractivity contribution >= 4 is 67.5 Å². The van der Waals surface area contributed by atoms with Gasteiger partial charge in [0.05, 0.1) is 0 Å². The lowest BCUT2D eigenvalue weighted by atomic mass is 9.74. The number of H-pyrrole nitrogens is 3. The summed E-state index contributed by atoms with van der Waals surface area (Å²) in [6.07, 6.45) is 6.37. The number of aromatic amines is 3. The molecule has 1 aliphatic carbocycles. The summed E-state index contributed by atoms with van der Waals surface area (Å²) in [6.45, 7) is 0. The van der Waals surface area contributed by atoms with Crippen LogP contribution in [-0.2, 0) is 0 Å². The lowest BCUT2D eigenvalue weighted by molar-refractivity contribution is 0.565. The Morgan fingerprint density at radius 2 is 1.09 bits per heavy atom. The summed E-state index contributed by atoms with van der Waals surface area (Å²) in [4.78, 5) is 10.6. The molecule has 0 radical (unpaired) electrons. The predicted molar refractivity (Wildman–Crippen MR) is 143 cm³/mol. The predicted octanol–water partition coefficient (Wildman–Crippen LogP) is 9.15. The van der Waals surface area contributed by atoms with Gasteiger partial charge < -0.3 is 15.0 Å². The number of fused-ring (bicyclic) bond motifs is 5. The van der Waals surface area contributed by atoms with E-state index >= 15 is 0 Å². The highest BCUT2D eigenvalue weighted by atomic mass is 35.5. The van der Waals surface area contributed by atoms with Crippen LogP contribution in [0.1, 0.15) is 47.1 Å². The first-order valence-corrected chi connectivity index (χ1v) is 12.5. The van der Waals surface area contributed by atoms with Crippen LogP contribution in [0, 0.1) is 0 Å². The van der Waals surface area contributed by atoms with E-state index in [-0.39, 0.29) is 11.8 Å². The Balaban J connectivity index is 1.45. The molecule has 3 heterocycles. The van der Waals surface area contributed by atoms with E-state index in [0.29, 0.717) is 0 Å². The topological polar surface area (TPSA) is 47.4 Å².